The molecule has 0 fully saturated rings. The van der Waals surface area contributed by atoms with E-state index in [4.69, 9.17) is 9.47 Å². The summed E-state index contributed by atoms with van der Waals surface area (Å²) in [6.07, 6.45) is 0. The lowest BCUT2D eigenvalue weighted by atomic mass is 9.77. The van der Waals surface area contributed by atoms with Gasteiger partial charge in [-0.1, -0.05) is 75.5 Å². The third kappa shape index (κ3) is 5.32. The quantitative estimate of drug-likeness (QED) is 0.431. The maximum absolute atomic E-state index is 5.89. The summed E-state index contributed by atoms with van der Waals surface area (Å²) in [4.78, 5) is 0. The van der Waals surface area contributed by atoms with Crippen LogP contribution in [0.1, 0.15) is 77.6 Å². The zero-order chi connectivity index (χ0) is 22.0. The van der Waals surface area contributed by atoms with E-state index >= 15 is 0 Å². The molecule has 2 nitrogen and oxygen atoms in total. The molecule has 2 heteroatoms. The van der Waals surface area contributed by atoms with Crippen LogP contribution in [0.2, 0.25) is 0 Å². The van der Waals surface area contributed by atoms with Crippen LogP contribution < -0.4 is 0 Å². The summed E-state index contributed by atoms with van der Waals surface area (Å²) in [6, 6.07) is 17.4. The van der Waals surface area contributed by atoms with E-state index in [1.165, 1.54) is 11.1 Å². The van der Waals surface area contributed by atoms with Crippen LogP contribution in [0.25, 0.3) is 0 Å². The van der Waals surface area contributed by atoms with Crippen molar-refractivity contribution in [2.45, 2.75) is 72.0 Å². The summed E-state index contributed by atoms with van der Waals surface area (Å²) < 4.78 is 11.8. The van der Waals surface area contributed by atoms with Crippen molar-refractivity contribution in [2.75, 3.05) is 0 Å². The van der Waals surface area contributed by atoms with Crippen molar-refractivity contribution in [2.24, 2.45) is 0 Å². The van der Waals surface area contributed by atoms with E-state index in [2.05, 4.69) is 103 Å². The predicted molar refractivity (Wildman–Crippen MR) is 123 cm³/mol. The van der Waals surface area contributed by atoms with E-state index < -0.39 is 11.2 Å². The molecule has 0 heterocycles. The molecule has 0 aliphatic rings. The summed E-state index contributed by atoms with van der Waals surface area (Å²) >= 11 is 0. The second-order valence-corrected chi connectivity index (χ2v) is 9.41. The first-order valence-electron chi connectivity index (χ1n) is 10.2. The van der Waals surface area contributed by atoms with Crippen LogP contribution in [0.3, 0.4) is 0 Å². The van der Waals surface area contributed by atoms with Crippen LogP contribution in [0.5, 0.6) is 0 Å². The summed E-state index contributed by atoms with van der Waals surface area (Å²) in [5.74, 6) is 1.44. The van der Waals surface area contributed by atoms with Gasteiger partial charge >= 0.3 is 0 Å². The minimum absolute atomic E-state index is 0.115. The van der Waals surface area contributed by atoms with Gasteiger partial charge in [0.25, 0.3) is 0 Å². The van der Waals surface area contributed by atoms with E-state index in [1.54, 1.807) is 0 Å². The molecule has 0 spiro atoms. The highest BCUT2D eigenvalue weighted by Gasteiger charge is 2.27. The van der Waals surface area contributed by atoms with Gasteiger partial charge in [-0.2, -0.15) is 0 Å². The van der Waals surface area contributed by atoms with Crippen molar-refractivity contribution < 1.29 is 9.47 Å². The number of ether oxygens (including phenoxy) is 2. The van der Waals surface area contributed by atoms with Crippen molar-refractivity contribution >= 4 is 0 Å². The second-order valence-electron chi connectivity index (χ2n) is 9.41. The van der Waals surface area contributed by atoms with Crippen LogP contribution >= 0.6 is 0 Å². The Bertz CT molecular complexity index is 792. The topological polar surface area (TPSA) is 18.5 Å². The number of hydrogen-bond donors (Lipinski definition) is 0. The first kappa shape index (κ1) is 22.8. The average Bonchev–Trinajstić information content (AvgIpc) is 2.60. The molecule has 0 radical (unpaired) electrons. The van der Waals surface area contributed by atoms with Gasteiger partial charge in [0, 0.05) is 5.41 Å². The monoisotopic (exact) mass is 392 g/mol. The molecule has 0 aromatic heterocycles. The molecule has 0 aliphatic heterocycles. The molecule has 156 valence electrons. The Morgan fingerprint density at radius 3 is 1.03 bits per heavy atom. The van der Waals surface area contributed by atoms with Crippen LogP contribution in [-0.2, 0) is 26.1 Å². The molecular weight excluding hydrogens is 356 g/mol. The van der Waals surface area contributed by atoms with Crippen molar-refractivity contribution in [1.82, 2.24) is 0 Å². The zero-order valence-corrected chi connectivity index (χ0v) is 19.3. The normalized spacial score (nSPS) is 12.4. The van der Waals surface area contributed by atoms with E-state index in [-0.39, 0.29) is 5.41 Å². The Morgan fingerprint density at radius 1 is 0.552 bits per heavy atom. The predicted octanol–water partition coefficient (Wildman–Crippen LogP) is 7.58. The summed E-state index contributed by atoms with van der Waals surface area (Å²) in [6.45, 7) is 24.3. The van der Waals surface area contributed by atoms with Gasteiger partial charge in [0.2, 0.25) is 0 Å². The van der Waals surface area contributed by atoms with E-state index in [1.807, 2.05) is 13.8 Å². The van der Waals surface area contributed by atoms with Gasteiger partial charge in [-0.3, -0.25) is 0 Å². The lowest BCUT2D eigenvalue weighted by Gasteiger charge is -2.31. The van der Waals surface area contributed by atoms with Crippen LogP contribution in [-0.4, -0.2) is 0 Å². The highest BCUT2D eigenvalue weighted by Crippen LogP contribution is 2.35. The van der Waals surface area contributed by atoms with E-state index in [9.17, 15) is 0 Å². The number of hydrogen-bond acceptors (Lipinski definition) is 2. The lowest BCUT2D eigenvalue weighted by Crippen LogP contribution is -2.23. The van der Waals surface area contributed by atoms with Crippen molar-refractivity contribution in [3.8, 4) is 0 Å². The SMILES string of the molecule is C=C(C)OC(C)(C)c1ccc(C(C)(C)c2ccc(C(C)(C)OC(=C)C)cc2)cc1. The summed E-state index contributed by atoms with van der Waals surface area (Å²) in [5, 5.41) is 0. The van der Waals surface area contributed by atoms with Gasteiger partial charge in [0.1, 0.15) is 11.2 Å². The Hall–Kier alpha value is -2.48. The fraction of sp³-hybridized carbons (Fsp3) is 0.407. The molecule has 0 bridgehead atoms. The van der Waals surface area contributed by atoms with Gasteiger partial charge < -0.3 is 9.47 Å². The second kappa shape index (κ2) is 8.10. The van der Waals surface area contributed by atoms with Gasteiger partial charge in [0.05, 0.1) is 11.5 Å². The minimum atomic E-state index is -0.398. The molecule has 2 rings (SSSR count). The largest absolute Gasteiger partial charge is 0.488 e. The molecule has 29 heavy (non-hydrogen) atoms. The molecular formula is C27H36O2. The zero-order valence-electron chi connectivity index (χ0n) is 19.3. The molecule has 0 N–H and O–H groups in total. The number of benzene rings is 2. The van der Waals surface area contributed by atoms with Crippen LogP contribution in [0.15, 0.2) is 73.2 Å². The third-order valence-corrected chi connectivity index (χ3v) is 5.46. The first-order chi connectivity index (χ1) is 13.3. The fourth-order valence-corrected chi connectivity index (χ4v) is 3.73. The standard InChI is InChI=1S/C27H36O2/c1-19(2)28-26(7,8)23-15-11-21(12-16-23)25(5,6)22-13-17-24(18-14-22)27(9,10)29-20(3)4/h11-18H,1,3H2,2,4-10H3. The summed E-state index contributed by atoms with van der Waals surface area (Å²) in [7, 11) is 0. The van der Waals surface area contributed by atoms with E-state index in [0.717, 1.165) is 22.6 Å². The maximum atomic E-state index is 5.89. The van der Waals surface area contributed by atoms with Gasteiger partial charge in [-0.15, -0.1) is 0 Å². The third-order valence-electron chi connectivity index (χ3n) is 5.46. The van der Waals surface area contributed by atoms with Crippen molar-refractivity contribution in [1.29, 1.82) is 0 Å². The van der Waals surface area contributed by atoms with Gasteiger partial charge in [0.15, 0.2) is 0 Å². The highest BCUT2D eigenvalue weighted by atomic mass is 16.5. The molecule has 2 aromatic rings. The molecule has 0 saturated heterocycles. The van der Waals surface area contributed by atoms with E-state index in [0.29, 0.717) is 0 Å². The van der Waals surface area contributed by atoms with Crippen molar-refractivity contribution in [3.05, 3.63) is 95.5 Å². The van der Waals surface area contributed by atoms with Gasteiger partial charge in [-0.05, 0) is 63.8 Å². The maximum Gasteiger partial charge on any atom is 0.128 e. The average molecular weight is 393 g/mol. The molecule has 2 aromatic carbocycles. The van der Waals surface area contributed by atoms with Crippen LogP contribution in [0.4, 0.5) is 0 Å². The first-order valence-corrected chi connectivity index (χ1v) is 10.2. The Balaban J connectivity index is 2.28. The minimum Gasteiger partial charge on any atom is -0.488 e. The van der Waals surface area contributed by atoms with Gasteiger partial charge in [-0.25, -0.2) is 0 Å². The Kier molecular flexibility index (Phi) is 6.37. The highest BCUT2D eigenvalue weighted by molar-refractivity contribution is 5.41. The summed E-state index contributed by atoms with van der Waals surface area (Å²) in [5.41, 5.74) is 3.88. The van der Waals surface area contributed by atoms with Crippen molar-refractivity contribution in [3.63, 3.8) is 0 Å². The van der Waals surface area contributed by atoms with Crippen LogP contribution in [0, 0.1) is 0 Å². The fourth-order valence-electron chi connectivity index (χ4n) is 3.73. The molecule has 0 atom stereocenters. The smallest absolute Gasteiger partial charge is 0.128 e. The lowest BCUT2D eigenvalue weighted by molar-refractivity contribution is 0.0333. The molecule has 0 amide bonds. The molecule has 0 unspecified atom stereocenters. The molecule has 0 aliphatic carbocycles. The Morgan fingerprint density at radius 2 is 0.793 bits per heavy atom. The molecule has 0 saturated carbocycles. The number of allylic oxidation sites excluding steroid dienone is 2. The number of rotatable bonds is 8. The Labute approximate surface area is 177 Å².